The molecule has 7 nitrogen and oxygen atoms in total. The van der Waals surface area contributed by atoms with Crippen LogP contribution in [0.15, 0.2) is 12.4 Å². The van der Waals surface area contributed by atoms with E-state index in [2.05, 4.69) is 15.3 Å². The number of rotatable bonds is 6. The molecule has 17 heavy (non-hydrogen) atoms. The molecule has 0 radical (unpaired) electrons. The van der Waals surface area contributed by atoms with E-state index in [4.69, 9.17) is 5.11 Å². The van der Waals surface area contributed by atoms with Gasteiger partial charge in [0, 0.05) is 12.8 Å². The highest BCUT2D eigenvalue weighted by Crippen LogP contribution is 2.02. The summed E-state index contributed by atoms with van der Waals surface area (Å²) in [6.07, 6.45) is 4.12. The van der Waals surface area contributed by atoms with Gasteiger partial charge in [-0.25, -0.2) is 18.2 Å². The summed E-state index contributed by atoms with van der Waals surface area (Å²) in [5.41, 5.74) is -0.155. The molecule has 0 amide bonds. The second-order valence-corrected chi connectivity index (χ2v) is 5.76. The van der Waals surface area contributed by atoms with Gasteiger partial charge in [0.2, 0.25) is 0 Å². The van der Waals surface area contributed by atoms with E-state index in [9.17, 15) is 13.2 Å². The van der Waals surface area contributed by atoms with Crippen LogP contribution < -0.4 is 5.32 Å². The van der Waals surface area contributed by atoms with Gasteiger partial charge in [-0.05, 0) is 6.42 Å². The number of sulfone groups is 1. The molecule has 0 aliphatic carbocycles. The van der Waals surface area contributed by atoms with Crippen LogP contribution in [0.25, 0.3) is 0 Å². The van der Waals surface area contributed by atoms with E-state index in [0.29, 0.717) is 18.8 Å². The van der Waals surface area contributed by atoms with Crippen molar-refractivity contribution in [1.82, 2.24) is 9.97 Å². The van der Waals surface area contributed by atoms with Crippen molar-refractivity contribution in [2.75, 3.05) is 23.9 Å². The van der Waals surface area contributed by atoms with Crippen molar-refractivity contribution >= 4 is 21.6 Å². The number of anilines is 1. The Kier molecular flexibility index (Phi) is 4.38. The van der Waals surface area contributed by atoms with E-state index in [1.807, 2.05) is 0 Å². The summed E-state index contributed by atoms with van der Waals surface area (Å²) in [4.78, 5) is 18.1. The third-order valence-electron chi connectivity index (χ3n) is 1.85. The molecular formula is C9H13N3O4S. The zero-order valence-corrected chi connectivity index (χ0v) is 10.1. The maximum Gasteiger partial charge on any atom is 0.356 e. The quantitative estimate of drug-likeness (QED) is 0.693. The van der Waals surface area contributed by atoms with Crippen molar-refractivity contribution < 1.29 is 18.3 Å². The Labute approximate surface area is 98.8 Å². The van der Waals surface area contributed by atoms with E-state index in [-0.39, 0.29) is 11.4 Å². The first-order valence-corrected chi connectivity index (χ1v) is 6.91. The first-order chi connectivity index (χ1) is 7.88. The molecule has 1 aromatic rings. The van der Waals surface area contributed by atoms with E-state index in [0.717, 1.165) is 12.5 Å². The van der Waals surface area contributed by atoms with Gasteiger partial charge in [-0.15, -0.1) is 0 Å². The van der Waals surface area contributed by atoms with Crippen LogP contribution in [0.5, 0.6) is 0 Å². The molecule has 0 aromatic carbocycles. The van der Waals surface area contributed by atoms with Crippen molar-refractivity contribution in [2.45, 2.75) is 6.42 Å². The monoisotopic (exact) mass is 259 g/mol. The fraction of sp³-hybridized carbons (Fsp3) is 0.444. The molecule has 0 spiro atoms. The van der Waals surface area contributed by atoms with Gasteiger partial charge in [0.15, 0.2) is 5.69 Å². The summed E-state index contributed by atoms with van der Waals surface area (Å²) in [6, 6.07) is 0. The van der Waals surface area contributed by atoms with Crippen molar-refractivity contribution in [3.8, 4) is 0 Å². The van der Waals surface area contributed by atoms with E-state index in [1.54, 1.807) is 0 Å². The van der Waals surface area contributed by atoms with Gasteiger partial charge in [0.25, 0.3) is 0 Å². The predicted octanol–water partition coefficient (Wildman–Crippen LogP) is 0.0214. The summed E-state index contributed by atoms with van der Waals surface area (Å²) in [5.74, 6) is -0.762. The molecule has 1 rings (SSSR count). The minimum absolute atomic E-state index is 0.0754. The average molecular weight is 259 g/mol. The Balaban J connectivity index is 2.47. The summed E-state index contributed by atoms with van der Waals surface area (Å²) in [6.45, 7) is 0.394. The number of carboxylic acid groups (broad SMARTS) is 1. The second-order valence-electron chi connectivity index (χ2n) is 3.50. The highest BCUT2D eigenvalue weighted by molar-refractivity contribution is 7.90. The third kappa shape index (κ3) is 5.25. The standard InChI is InChI=1S/C9H13N3O4S/c1-17(15,16)4-2-3-11-8-6-10-5-7(12-8)9(13)14/h5-6H,2-4H2,1H3,(H,11,12)(H,13,14). The summed E-state index contributed by atoms with van der Waals surface area (Å²) in [7, 11) is -2.97. The molecule has 0 atom stereocenters. The number of hydrogen-bond acceptors (Lipinski definition) is 6. The van der Waals surface area contributed by atoms with Crippen LogP contribution in [0.4, 0.5) is 5.82 Å². The number of hydrogen-bond donors (Lipinski definition) is 2. The lowest BCUT2D eigenvalue weighted by atomic mass is 10.4. The molecule has 0 aliphatic heterocycles. The lowest BCUT2D eigenvalue weighted by Gasteiger charge is -2.04. The van der Waals surface area contributed by atoms with Gasteiger partial charge in [-0.1, -0.05) is 0 Å². The fourth-order valence-electron chi connectivity index (χ4n) is 1.11. The van der Waals surface area contributed by atoms with Crippen LogP contribution in [0.1, 0.15) is 16.9 Å². The first-order valence-electron chi connectivity index (χ1n) is 4.85. The largest absolute Gasteiger partial charge is 0.476 e. The molecule has 0 saturated carbocycles. The SMILES string of the molecule is CS(=O)(=O)CCCNc1cncc(C(=O)O)n1. The Morgan fingerprint density at radius 3 is 2.76 bits per heavy atom. The van der Waals surface area contributed by atoms with Gasteiger partial charge in [-0.2, -0.15) is 0 Å². The van der Waals surface area contributed by atoms with E-state index < -0.39 is 15.8 Å². The maximum atomic E-state index is 10.9. The van der Waals surface area contributed by atoms with E-state index >= 15 is 0 Å². The van der Waals surface area contributed by atoms with Gasteiger partial charge in [0.05, 0.1) is 18.1 Å². The minimum Gasteiger partial charge on any atom is -0.476 e. The molecule has 2 N–H and O–H groups in total. The van der Waals surface area contributed by atoms with Crippen molar-refractivity contribution in [1.29, 1.82) is 0 Å². The maximum absolute atomic E-state index is 10.9. The first kappa shape index (κ1) is 13.4. The van der Waals surface area contributed by atoms with Crippen LogP contribution in [0.2, 0.25) is 0 Å². The van der Waals surface area contributed by atoms with Gasteiger partial charge in [0.1, 0.15) is 15.7 Å². The number of aromatic nitrogens is 2. The number of nitrogens with zero attached hydrogens (tertiary/aromatic N) is 2. The molecule has 0 saturated heterocycles. The van der Waals surface area contributed by atoms with Crippen LogP contribution >= 0.6 is 0 Å². The third-order valence-corrected chi connectivity index (χ3v) is 2.88. The lowest BCUT2D eigenvalue weighted by molar-refractivity contribution is 0.0690. The van der Waals surface area contributed by atoms with Gasteiger partial charge in [-0.3, -0.25) is 4.98 Å². The Morgan fingerprint density at radius 2 is 2.18 bits per heavy atom. The smallest absolute Gasteiger partial charge is 0.356 e. The summed E-state index contributed by atoms with van der Waals surface area (Å²) in [5, 5.41) is 11.5. The Bertz CT molecular complexity index is 501. The topological polar surface area (TPSA) is 109 Å². The highest BCUT2D eigenvalue weighted by Gasteiger charge is 2.06. The Morgan fingerprint density at radius 1 is 1.47 bits per heavy atom. The summed E-state index contributed by atoms with van der Waals surface area (Å²) < 4.78 is 21.7. The zero-order chi connectivity index (χ0) is 12.9. The average Bonchev–Trinajstić information content (AvgIpc) is 2.23. The minimum atomic E-state index is -2.97. The van der Waals surface area contributed by atoms with Crippen LogP contribution in [0.3, 0.4) is 0 Å². The van der Waals surface area contributed by atoms with Crippen molar-refractivity contribution in [3.63, 3.8) is 0 Å². The van der Waals surface area contributed by atoms with Gasteiger partial charge >= 0.3 is 5.97 Å². The lowest BCUT2D eigenvalue weighted by Crippen LogP contribution is -2.11. The van der Waals surface area contributed by atoms with Gasteiger partial charge < -0.3 is 10.4 Å². The normalized spacial score (nSPS) is 11.1. The Hall–Kier alpha value is -1.70. The molecule has 1 aromatic heterocycles. The van der Waals surface area contributed by atoms with Crippen molar-refractivity contribution in [3.05, 3.63) is 18.1 Å². The molecule has 8 heteroatoms. The summed E-state index contributed by atoms with van der Waals surface area (Å²) >= 11 is 0. The molecule has 0 fully saturated rings. The second kappa shape index (κ2) is 5.58. The van der Waals surface area contributed by atoms with Crippen LogP contribution in [-0.2, 0) is 9.84 Å². The molecule has 0 unspecified atom stereocenters. The number of aromatic carboxylic acids is 1. The zero-order valence-electron chi connectivity index (χ0n) is 9.25. The van der Waals surface area contributed by atoms with Crippen molar-refractivity contribution in [2.24, 2.45) is 0 Å². The van der Waals surface area contributed by atoms with Crippen LogP contribution in [0, 0.1) is 0 Å². The number of carboxylic acids is 1. The molecule has 94 valence electrons. The number of carbonyl (C=O) groups is 1. The fourth-order valence-corrected chi connectivity index (χ4v) is 1.77. The molecule has 0 bridgehead atoms. The highest BCUT2D eigenvalue weighted by atomic mass is 32.2. The number of nitrogens with one attached hydrogen (secondary N) is 1. The van der Waals surface area contributed by atoms with E-state index in [1.165, 1.54) is 6.20 Å². The molecule has 0 aliphatic rings. The molecular weight excluding hydrogens is 246 g/mol. The molecule has 1 heterocycles. The predicted molar refractivity (Wildman–Crippen MR) is 61.8 cm³/mol. The van der Waals surface area contributed by atoms with Crippen LogP contribution in [-0.4, -0.2) is 48.0 Å².